The summed E-state index contributed by atoms with van der Waals surface area (Å²) >= 11 is 0. The predicted octanol–water partition coefficient (Wildman–Crippen LogP) is -0.209. The second kappa shape index (κ2) is 4.04. The molecule has 78 valence electrons. The van der Waals surface area contributed by atoms with Crippen molar-refractivity contribution in [1.29, 1.82) is 0 Å². The first kappa shape index (κ1) is 11.1. The highest BCUT2D eigenvalue weighted by molar-refractivity contribution is 7.89. The summed E-state index contributed by atoms with van der Waals surface area (Å²) in [5.41, 5.74) is 6.02. The SMILES string of the molecule is CN(C)S(=O)(=O)c1ccc(CN)nc1. The van der Waals surface area contributed by atoms with Crippen LogP contribution in [-0.2, 0) is 16.6 Å². The Bertz CT molecular complexity index is 397. The van der Waals surface area contributed by atoms with E-state index < -0.39 is 10.0 Å². The number of rotatable bonds is 3. The number of hydrogen-bond donors (Lipinski definition) is 1. The maximum atomic E-state index is 11.6. The van der Waals surface area contributed by atoms with Crippen molar-refractivity contribution < 1.29 is 8.42 Å². The van der Waals surface area contributed by atoms with Crippen LogP contribution in [0.3, 0.4) is 0 Å². The third-order valence-corrected chi connectivity index (χ3v) is 3.58. The van der Waals surface area contributed by atoms with Crippen LogP contribution in [0, 0.1) is 0 Å². The fraction of sp³-hybridized carbons (Fsp3) is 0.375. The fourth-order valence-electron chi connectivity index (χ4n) is 0.895. The van der Waals surface area contributed by atoms with Gasteiger partial charge in [0, 0.05) is 26.8 Å². The standard InChI is InChI=1S/C8H13N3O2S/c1-11(2)14(12,13)8-4-3-7(5-9)10-6-8/h3-4,6H,5,9H2,1-2H3. The maximum absolute atomic E-state index is 11.6. The molecule has 0 aliphatic carbocycles. The van der Waals surface area contributed by atoms with E-state index in [1.807, 2.05) is 0 Å². The summed E-state index contributed by atoms with van der Waals surface area (Å²) in [6.07, 6.45) is 1.32. The van der Waals surface area contributed by atoms with Gasteiger partial charge in [0.05, 0.1) is 5.69 Å². The Labute approximate surface area is 83.6 Å². The van der Waals surface area contributed by atoms with Crippen molar-refractivity contribution in [2.75, 3.05) is 14.1 Å². The van der Waals surface area contributed by atoms with Crippen LogP contribution in [0.15, 0.2) is 23.2 Å². The molecule has 0 spiro atoms. The number of sulfonamides is 1. The molecule has 0 fully saturated rings. The van der Waals surface area contributed by atoms with Gasteiger partial charge in [-0.05, 0) is 12.1 Å². The lowest BCUT2D eigenvalue weighted by Crippen LogP contribution is -2.22. The zero-order valence-corrected chi connectivity index (χ0v) is 8.95. The van der Waals surface area contributed by atoms with Crippen LogP contribution < -0.4 is 5.73 Å². The Morgan fingerprint density at radius 1 is 1.43 bits per heavy atom. The van der Waals surface area contributed by atoms with Gasteiger partial charge in [-0.1, -0.05) is 0 Å². The second-order valence-electron chi connectivity index (χ2n) is 2.98. The van der Waals surface area contributed by atoms with Gasteiger partial charge in [-0.2, -0.15) is 0 Å². The van der Waals surface area contributed by atoms with E-state index in [2.05, 4.69) is 4.98 Å². The summed E-state index contributed by atoms with van der Waals surface area (Å²) in [4.78, 5) is 4.10. The molecule has 0 atom stereocenters. The molecule has 0 radical (unpaired) electrons. The monoisotopic (exact) mass is 215 g/mol. The third-order valence-electron chi connectivity index (χ3n) is 1.79. The first-order chi connectivity index (χ1) is 6.48. The van der Waals surface area contributed by atoms with E-state index in [9.17, 15) is 8.42 Å². The first-order valence-electron chi connectivity index (χ1n) is 4.06. The van der Waals surface area contributed by atoms with Gasteiger partial charge in [0.15, 0.2) is 0 Å². The van der Waals surface area contributed by atoms with Gasteiger partial charge < -0.3 is 5.73 Å². The lowest BCUT2D eigenvalue weighted by molar-refractivity contribution is 0.520. The molecule has 0 saturated carbocycles. The summed E-state index contributed by atoms with van der Waals surface area (Å²) < 4.78 is 24.3. The zero-order chi connectivity index (χ0) is 10.8. The van der Waals surface area contributed by atoms with E-state index >= 15 is 0 Å². The zero-order valence-electron chi connectivity index (χ0n) is 8.14. The van der Waals surface area contributed by atoms with Gasteiger partial charge in [0.2, 0.25) is 10.0 Å². The van der Waals surface area contributed by atoms with E-state index in [0.717, 1.165) is 4.31 Å². The van der Waals surface area contributed by atoms with Crippen molar-refractivity contribution in [2.24, 2.45) is 5.73 Å². The average Bonchev–Trinajstić information content (AvgIpc) is 2.17. The molecule has 0 aliphatic heterocycles. The van der Waals surface area contributed by atoms with E-state index in [1.165, 1.54) is 26.4 Å². The molecule has 0 amide bonds. The molecule has 0 aliphatic rings. The van der Waals surface area contributed by atoms with Crippen LogP contribution >= 0.6 is 0 Å². The molecule has 6 heteroatoms. The summed E-state index contributed by atoms with van der Waals surface area (Å²) in [5, 5.41) is 0. The Hall–Kier alpha value is -0.980. The van der Waals surface area contributed by atoms with Crippen molar-refractivity contribution in [1.82, 2.24) is 9.29 Å². The minimum atomic E-state index is -3.37. The van der Waals surface area contributed by atoms with E-state index in [-0.39, 0.29) is 4.90 Å². The summed E-state index contributed by atoms with van der Waals surface area (Å²) in [5.74, 6) is 0. The summed E-state index contributed by atoms with van der Waals surface area (Å²) in [7, 11) is -0.415. The average molecular weight is 215 g/mol. The third kappa shape index (κ3) is 2.09. The topological polar surface area (TPSA) is 76.3 Å². The molecule has 2 N–H and O–H groups in total. The van der Waals surface area contributed by atoms with E-state index in [1.54, 1.807) is 6.07 Å². The van der Waals surface area contributed by atoms with E-state index in [4.69, 9.17) is 5.73 Å². The highest BCUT2D eigenvalue weighted by atomic mass is 32.2. The number of pyridine rings is 1. The minimum absolute atomic E-state index is 0.180. The molecule has 14 heavy (non-hydrogen) atoms. The van der Waals surface area contributed by atoms with Gasteiger partial charge >= 0.3 is 0 Å². The normalized spacial score (nSPS) is 12.0. The molecule has 5 nitrogen and oxygen atoms in total. The number of nitrogens with two attached hydrogens (primary N) is 1. The van der Waals surface area contributed by atoms with Crippen LogP contribution in [0.4, 0.5) is 0 Å². The van der Waals surface area contributed by atoms with Crippen LogP contribution in [0.2, 0.25) is 0 Å². The second-order valence-corrected chi connectivity index (χ2v) is 5.13. The first-order valence-corrected chi connectivity index (χ1v) is 5.50. The van der Waals surface area contributed by atoms with Crippen molar-refractivity contribution in [3.63, 3.8) is 0 Å². The van der Waals surface area contributed by atoms with Crippen molar-refractivity contribution in [3.05, 3.63) is 24.0 Å². The Kier molecular flexibility index (Phi) is 3.20. The molecular weight excluding hydrogens is 202 g/mol. The number of nitrogens with zero attached hydrogens (tertiary/aromatic N) is 2. The summed E-state index contributed by atoms with van der Waals surface area (Å²) in [6, 6.07) is 3.11. The Morgan fingerprint density at radius 3 is 2.43 bits per heavy atom. The molecule has 1 aromatic heterocycles. The molecule has 1 rings (SSSR count). The molecule has 1 heterocycles. The smallest absolute Gasteiger partial charge is 0.244 e. The maximum Gasteiger partial charge on any atom is 0.244 e. The molecule has 0 aromatic carbocycles. The molecule has 1 aromatic rings. The molecule has 0 bridgehead atoms. The van der Waals surface area contributed by atoms with Crippen molar-refractivity contribution in [3.8, 4) is 0 Å². The van der Waals surface area contributed by atoms with Crippen LogP contribution in [-0.4, -0.2) is 31.8 Å². The van der Waals surface area contributed by atoms with Gasteiger partial charge in [0.1, 0.15) is 4.90 Å². The minimum Gasteiger partial charge on any atom is -0.325 e. The molecule has 0 unspecified atom stereocenters. The fourth-order valence-corrected chi connectivity index (χ4v) is 1.74. The van der Waals surface area contributed by atoms with Gasteiger partial charge in [-0.15, -0.1) is 0 Å². The number of aromatic nitrogens is 1. The van der Waals surface area contributed by atoms with Gasteiger partial charge in [-0.3, -0.25) is 4.98 Å². The van der Waals surface area contributed by atoms with Gasteiger partial charge in [0.25, 0.3) is 0 Å². The van der Waals surface area contributed by atoms with Crippen LogP contribution in [0.25, 0.3) is 0 Å². The molecular formula is C8H13N3O2S. The Morgan fingerprint density at radius 2 is 2.07 bits per heavy atom. The summed E-state index contributed by atoms with van der Waals surface area (Å²) in [6.45, 7) is 0.308. The van der Waals surface area contributed by atoms with E-state index in [0.29, 0.717) is 12.2 Å². The Balaban J connectivity index is 3.10. The van der Waals surface area contributed by atoms with Crippen LogP contribution in [0.5, 0.6) is 0 Å². The highest BCUT2D eigenvalue weighted by Gasteiger charge is 2.16. The van der Waals surface area contributed by atoms with Crippen molar-refractivity contribution in [2.45, 2.75) is 11.4 Å². The van der Waals surface area contributed by atoms with Gasteiger partial charge in [-0.25, -0.2) is 12.7 Å². The lowest BCUT2D eigenvalue weighted by atomic mass is 10.4. The quantitative estimate of drug-likeness (QED) is 0.757. The highest BCUT2D eigenvalue weighted by Crippen LogP contribution is 2.11. The number of hydrogen-bond acceptors (Lipinski definition) is 4. The largest absolute Gasteiger partial charge is 0.325 e. The lowest BCUT2D eigenvalue weighted by Gasteiger charge is -2.10. The predicted molar refractivity (Wildman–Crippen MR) is 53.0 cm³/mol. The van der Waals surface area contributed by atoms with Crippen LogP contribution in [0.1, 0.15) is 5.69 Å². The molecule has 0 saturated heterocycles. The van der Waals surface area contributed by atoms with Crippen molar-refractivity contribution >= 4 is 10.0 Å².